The highest BCUT2D eigenvalue weighted by Crippen LogP contribution is 2.36. The summed E-state index contributed by atoms with van der Waals surface area (Å²) in [6, 6.07) is 9.63. The number of alkyl halides is 3. The molecule has 0 radical (unpaired) electrons. The van der Waals surface area contributed by atoms with E-state index in [1.54, 1.807) is 24.3 Å². The smallest absolute Gasteiger partial charge is 0.341 e. The fourth-order valence-corrected chi connectivity index (χ4v) is 3.99. The van der Waals surface area contributed by atoms with Gasteiger partial charge in [0.25, 0.3) is 0 Å². The Balaban J connectivity index is 1.97. The van der Waals surface area contributed by atoms with Crippen LogP contribution in [0.1, 0.15) is 11.4 Å². The first-order valence-electron chi connectivity index (χ1n) is 7.36. The number of hydrogen-bond donors (Lipinski definition) is 1. The first-order chi connectivity index (χ1) is 12.1. The first kappa shape index (κ1) is 18.7. The van der Waals surface area contributed by atoms with Crippen LogP contribution in [-0.4, -0.2) is 29.7 Å². The number of para-hydroxylation sites is 2. The number of hydrogen-bond acceptors (Lipinski definition) is 3. The number of nitrogens with zero attached hydrogens (tertiary/aromatic N) is 2. The first-order valence-corrected chi connectivity index (χ1v) is 9.17. The number of H-pyrrole nitrogens is 1. The van der Waals surface area contributed by atoms with Crippen molar-refractivity contribution in [3.63, 3.8) is 0 Å². The highest BCUT2D eigenvalue weighted by atomic mass is 35.5. The lowest BCUT2D eigenvalue weighted by atomic mass is 10.2. The van der Waals surface area contributed by atoms with E-state index in [4.69, 9.17) is 11.6 Å². The summed E-state index contributed by atoms with van der Waals surface area (Å²) >= 11 is 5.60. The Morgan fingerprint density at radius 3 is 2.54 bits per heavy atom. The quantitative estimate of drug-likeness (QED) is 0.714. The summed E-state index contributed by atoms with van der Waals surface area (Å²) in [5.74, 6) is 0.319. The van der Waals surface area contributed by atoms with E-state index < -0.39 is 26.7 Å². The number of imidazole rings is 1. The Morgan fingerprint density at radius 2 is 1.88 bits per heavy atom. The second-order valence-corrected chi connectivity index (χ2v) is 8.05. The largest absolute Gasteiger partial charge is 0.417 e. The van der Waals surface area contributed by atoms with Crippen molar-refractivity contribution < 1.29 is 21.6 Å². The fraction of sp³-hybridized carbons (Fsp3) is 0.188. The number of rotatable bonds is 4. The van der Waals surface area contributed by atoms with Gasteiger partial charge in [0, 0.05) is 12.1 Å². The Kier molecular flexibility index (Phi) is 4.72. The molecule has 3 rings (SSSR count). The van der Waals surface area contributed by atoms with Gasteiger partial charge in [0.05, 0.1) is 28.0 Å². The summed E-state index contributed by atoms with van der Waals surface area (Å²) in [6.07, 6.45) is -4.85. The SMILES string of the molecule is CN(Cc1nc2ccccc2[nH]1)S(=O)(=O)c1ccc(Cl)cc1C(F)(F)F. The van der Waals surface area contributed by atoms with Gasteiger partial charge in [0.15, 0.2) is 0 Å². The zero-order chi connectivity index (χ0) is 19.1. The summed E-state index contributed by atoms with van der Waals surface area (Å²) in [7, 11) is -3.22. The normalized spacial score (nSPS) is 12.8. The third-order valence-electron chi connectivity index (χ3n) is 3.75. The van der Waals surface area contributed by atoms with Crippen LogP contribution in [-0.2, 0) is 22.7 Å². The Morgan fingerprint density at radius 1 is 1.19 bits per heavy atom. The van der Waals surface area contributed by atoms with Crippen LogP contribution in [0.5, 0.6) is 0 Å². The van der Waals surface area contributed by atoms with E-state index in [1.165, 1.54) is 7.05 Å². The molecule has 10 heteroatoms. The van der Waals surface area contributed by atoms with Gasteiger partial charge in [-0.05, 0) is 30.3 Å². The summed E-state index contributed by atoms with van der Waals surface area (Å²) < 4.78 is 65.8. The van der Waals surface area contributed by atoms with E-state index in [0.717, 1.165) is 16.4 Å². The fourth-order valence-electron chi connectivity index (χ4n) is 2.49. The molecule has 0 saturated carbocycles. The number of fused-ring (bicyclic) bond motifs is 1. The maximum Gasteiger partial charge on any atom is 0.417 e. The van der Waals surface area contributed by atoms with Crippen molar-refractivity contribution in [2.24, 2.45) is 0 Å². The number of sulfonamides is 1. The van der Waals surface area contributed by atoms with Crippen molar-refractivity contribution in [3.05, 3.63) is 58.9 Å². The average Bonchev–Trinajstić information content (AvgIpc) is 2.95. The minimum absolute atomic E-state index is 0.198. The maximum atomic E-state index is 13.2. The molecule has 0 amide bonds. The van der Waals surface area contributed by atoms with Crippen LogP contribution in [0.4, 0.5) is 13.2 Å². The molecule has 1 heterocycles. The molecule has 0 bridgehead atoms. The van der Waals surface area contributed by atoms with Crippen molar-refractivity contribution >= 4 is 32.7 Å². The molecular formula is C16H13ClF3N3O2S. The van der Waals surface area contributed by atoms with E-state index in [2.05, 4.69) is 9.97 Å². The van der Waals surface area contributed by atoms with E-state index in [1.807, 2.05) is 0 Å². The van der Waals surface area contributed by atoms with E-state index in [0.29, 0.717) is 22.9 Å². The molecule has 1 N–H and O–H groups in total. The number of halogens is 4. The van der Waals surface area contributed by atoms with Crippen molar-refractivity contribution in [1.82, 2.24) is 14.3 Å². The molecule has 26 heavy (non-hydrogen) atoms. The van der Waals surface area contributed by atoms with Crippen molar-refractivity contribution in [1.29, 1.82) is 0 Å². The van der Waals surface area contributed by atoms with E-state index in [9.17, 15) is 21.6 Å². The monoisotopic (exact) mass is 403 g/mol. The molecule has 0 aliphatic rings. The molecule has 0 fully saturated rings. The highest BCUT2D eigenvalue weighted by Gasteiger charge is 2.38. The van der Waals surface area contributed by atoms with Gasteiger partial charge in [-0.25, -0.2) is 13.4 Å². The van der Waals surface area contributed by atoms with Gasteiger partial charge in [0.2, 0.25) is 10.0 Å². The molecule has 0 unspecified atom stereocenters. The molecule has 138 valence electrons. The van der Waals surface area contributed by atoms with Crippen LogP contribution < -0.4 is 0 Å². The minimum Gasteiger partial charge on any atom is -0.341 e. The molecule has 3 aromatic rings. The third kappa shape index (κ3) is 3.55. The van der Waals surface area contributed by atoms with Crippen LogP contribution in [0.3, 0.4) is 0 Å². The van der Waals surface area contributed by atoms with E-state index >= 15 is 0 Å². The predicted molar refractivity (Wildman–Crippen MR) is 91.2 cm³/mol. The molecule has 0 atom stereocenters. The van der Waals surface area contributed by atoms with Gasteiger partial charge >= 0.3 is 6.18 Å². The second-order valence-electron chi connectivity index (χ2n) is 5.60. The van der Waals surface area contributed by atoms with Crippen LogP contribution in [0.15, 0.2) is 47.4 Å². The Bertz CT molecular complexity index is 1030. The molecule has 0 aliphatic carbocycles. The van der Waals surface area contributed by atoms with Crippen LogP contribution in [0.2, 0.25) is 5.02 Å². The zero-order valence-corrected chi connectivity index (χ0v) is 15.0. The third-order valence-corrected chi connectivity index (χ3v) is 5.84. The lowest BCUT2D eigenvalue weighted by Crippen LogP contribution is -2.29. The molecule has 0 aliphatic heterocycles. The zero-order valence-electron chi connectivity index (χ0n) is 13.4. The Hall–Kier alpha value is -2.10. The van der Waals surface area contributed by atoms with E-state index in [-0.39, 0.29) is 11.6 Å². The summed E-state index contributed by atoms with van der Waals surface area (Å²) in [4.78, 5) is 6.33. The number of aromatic nitrogens is 2. The van der Waals surface area contributed by atoms with Crippen molar-refractivity contribution in [2.45, 2.75) is 17.6 Å². The second kappa shape index (κ2) is 6.57. The lowest BCUT2D eigenvalue weighted by molar-refractivity contribution is -0.139. The van der Waals surface area contributed by atoms with Gasteiger partial charge < -0.3 is 4.98 Å². The average molecular weight is 404 g/mol. The van der Waals surface area contributed by atoms with Crippen LogP contribution in [0, 0.1) is 0 Å². The Labute approximate surface area is 152 Å². The number of aromatic amines is 1. The molecular weight excluding hydrogens is 391 g/mol. The maximum absolute atomic E-state index is 13.2. The summed E-state index contributed by atoms with van der Waals surface area (Å²) in [5, 5.41) is -0.198. The van der Waals surface area contributed by atoms with Crippen molar-refractivity contribution in [2.75, 3.05) is 7.05 Å². The van der Waals surface area contributed by atoms with Crippen molar-refractivity contribution in [3.8, 4) is 0 Å². The molecule has 2 aromatic carbocycles. The molecule has 0 spiro atoms. The van der Waals surface area contributed by atoms with Gasteiger partial charge in [-0.1, -0.05) is 23.7 Å². The molecule has 0 saturated heterocycles. The standard InChI is InChI=1S/C16H13ClF3N3O2S/c1-23(9-15-21-12-4-2-3-5-13(12)22-15)26(24,25)14-7-6-10(17)8-11(14)16(18,19)20/h2-8H,9H2,1H3,(H,21,22). The van der Waals surface area contributed by atoms with Crippen LogP contribution >= 0.6 is 11.6 Å². The minimum atomic E-state index is -4.85. The number of nitrogens with one attached hydrogen (secondary N) is 1. The molecule has 1 aromatic heterocycles. The van der Waals surface area contributed by atoms with Crippen LogP contribution in [0.25, 0.3) is 11.0 Å². The van der Waals surface area contributed by atoms with Gasteiger partial charge in [0.1, 0.15) is 5.82 Å². The summed E-state index contributed by atoms with van der Waals surface area (Å²) in [6.45, 7) is -0.211. The lowest BCUT2D eigenvalue weighted by Gasteiger charge is -2.19. The van der Waals surface area contributed by atoms with Gasteiger partial charge in [-0.3, -0.25) is 0 Å². The van der Waals surface area contributed by atoms with Gasteiger partial charge in [-0.15, -0.1) is 0 Å². The topological polar surface area (TPSA) is 66.1 Å². The highest BCUT2D eigenvalue weighted by molar-refractivity contribution is 7.89. The summed E-state index contributed by atoms with van der Waals surface area (Å²) in [5.41, 5.74) is 0.0352. The van der Waals surface area contributed by atoms with Gasteiger partial charge in [-0.2, -0.15) is 17.5 Å². The molecule has 5 nitrogen and oxygen atoms in total. The number of benzene rings is 2. The predicted octanol–water partition coefficient (Wildman–Crippen LogP) is 4.06.